The second-order valence-corrected chi connectivity index (χ2v) is 9.54. The lowest BCUT2D eigenvalue weighted by atomic mass is 10.1. The van der Waals surface area contributed by atoms with Crippen molar-refractivity contribution in [1.29, 1.82) is 0 Å². The number of benzene rings is 2. The normalized spacial score (nSPS) is 11.2. The van der Waals surface area contributed by atoms with Crippen molar-refractivity contribution in [3.63, 3.8) is 0 Å². The Morgan fingerprint density at radius 3 is 2.55 bits per heavy atom. The van der Waals surface area contributed by atoms with Crippen LogP contribution >= 0.6 is 0 Å². The van der Waals surface area contributed by atoms with Crippen molar-refractivity contribution in [3.05, 3.63) is 83.7 Å². The fraction of sp³-hybridized carbons (Fsp3) is 0.250. The molecule has 10 nitrogen and oxygen atoms in total. The third-order valence-electron chi connectivity index (χ3n) is 5.45. The minimum Gasteiger partial charge on any atom is -0.469 e. The summed E-state index contributed by atoms with van der Waals surface area (Å²) in [6.45, 7) is 5.65. The third kappa shape index (κ3) is 6.52. The summed E-state index contributed by atoms with van der Waals surface area (Å²) in [4.78, 5) is 41.8. The van der Waals surface area contributed by atoms with E-state index < -0.39 is 23.6 Å². The number of carbonyl (C=O) groups is 3. The number of nitrogens with zero attached hydrogens (tertiary/aromatic N) is 3. The summed E-state index contributed by atoms with van der Waals surface area (Å²) in [6.07, 6.45) is 1.24. The van der Waals surface area contributed by atoms with Crippen LogP contribution < -0.4 is 10.6 Å². The summed E-state index contributed by atoms with van der Waals surface area (Å²) in [5.74, 6) is -0.524. The van der Waals surface area contributed by atoms with E-state index >= 15 is 0 Å². The molecule has 2 amide bonds. The predicted molar refractivity (Wildman–Crippen MR) is 142 cm³/mol. The van der Waals surface area contributed by atoms with Crippen LogP contribution in [-0.4, -0.2) is 45.3 Å². The van der Waals surface area contributed by atoms with Gasteiger partial charge in [0.05, 0.1) is 19.0 Å². The third-order valence-corrected chi connectivity index (χ3v) is 5.45. The van der Waals surface area contributed by atoms with Crippen LogP contribution in [0.1, 0.15) is 42.4 Å². The van der Waals surface area contributed by atoms with E-state index in [1.165, 1.54) is 7.11 Å². The molecule has 0 saturated carbocycles. The smallest absolute Gasteiger partial charge is 0.407 e. The highest BCUT2D eigenvalue weighted by molar-refractivity contribution is 6.08. The lowest BCUT2D eigenvalue weighted by Gasteiger charge is -2.19. The summed E-state index contributed by atoms with van der Waals surface area (Å²) < 4.78 is 11.6. The fourth-order valence-electron chi connectivity index (χ4n) is 3.74. The van der Waals surface area contributed by atoms with Crippen LogP contribution in [0.2, 0.25) is 0 Å². The second kappa shape index (κ2) is 11.1. The van der Waals surface area contributed by atoms with Crippen LogP contribution in [0.5, 0.6) is 0 Å². The van der Waals surface area contributed by atoms with Crippen molar-refractivity contribution >= 4 is 29.2 Å². The highest BCUT2D eigenvalue weighted by atomic mass is 16.6. The van der Waals surface area contributed by atoms with Gasteiger partial charge in [0.1, 0.15) is 5.60 Å². The van der Waals surface area contributed by atoms with Crippen molar-refractivity contribution in [2.45, 2.75) is 39.3 Å². The van der Waals surface area contributed by atoms with Crippen LogP contribution in [0.3, 0.4) is 0 Å². The van der Waals surface area contributed by atoms with E-state index in [1.807, 2.05) is 24.3 Å². The maximum absolute atomic E-state index is 13.4. The van der Waals surface area contributed by atoms with Crippen LogP contribution in [-0.2, 0) is 27.2 Å². The summed E-state index contributed by atoms with van der Waals surface area (Å²) in [6, 6.07) is 17.9. The number of nitrogens with one attached hydrogen (secondary N) is 2. The topological polar surface area (TPSA) is 124 Å². The first-order valence-electron chi connectivity index (χ1n) is 12.0. The molecule has 0 bridgehead atoms. The largest absolute Gasteiger partial charge is 0.469 e. The molecule has 38 heavy (non-hydrogen) atoms. The number of fused-ring (bicyclic) bond motifs is 1. The Kier molecular flexibility index (Phi) is 7.71. The Labute approximate surface area is 220 Å². The van der Waals surface area contributed by atoms with E-state index in [9.17, 15) is 14.4 Å². The number of aromatic nitrogens is 3. The van der Waals surface area contributed by atoms with E-state index in [2.05, 4.69) is 20.7 Å². The van der Waals surface area contributed by atoms with Crippen LogP contribution in [0, 0.1) is 0 Å². The Bertz CT molecular complexity index is 1490. The molecular weight excluding hydrogens is 486 g/mol. The van der Waals surface area contributed by atoms with Crippen molar-refractivity contribution < 1.29 is 23.9 Å². The van der Waals surface area contributed by atoms with E-state index in [0.717, 1.165) is 5.56 Å². The minimum atomic E-state index is -0.595. The standard InChI is InChI=1S/C28H29N5O5/c1-28(2,3)38-27(36)29-17-18-9-7-11-20(15-18)25-31-24(22-13-8-14-33(22)32-25)26(35)30-21-12-6-5-10-19(21)16-23(34)37-4/h5-15H,16-17H2,1-4H3,(H,29,36)(H,30,35). The lowest BCUT2D eigenvalue weighted by molar-refractivity contribution is -0.139. The molecular formula is C28H29N5O5. The van der Waals surface area contributed by atoms with E-state index in [-0.39, 0.29) is 18.7 Å². The summed E-state index contributed by atoms with van der Waals surface area (Å²) >= 11 is 0. The number of amides is 2. The number of ether oxygens (including phenoxy) is 2. The van der Waals surface area contributed by atoms with E-state index in [0.29, 0.717) is 28.2 Å². The summed E-state index contributed by atoms with van der Waals surface area (Å²) in [5, 5.41) is 10.2. The highest BCUT2D eigenvalue weighted by Gasteiger charge is 2.19. The number of carbonyl (C=O) groups excluding carboxylic acids is 3. The number of methoxy groups -OCH3 is 1. The van der Waals surface area contributed by atoms with Gasteiger partial charge in [0.25, 0.3) is 5.91 Å². The SMILES string of the molecule is COC(=O)Cc1ccccc1NC(=O)c1nc(-c2cccc(CNC(=O)OC(C)(C)C)c2)nn2cccc12. The molecule has 0 saturated heterocycles. The minimum absolute atomic E-state index is 0.0205. The Hall–Kier alpha value is -4.73. The van der Waals surface area contributed by atoms with Gasteiger partial charge in [-0.05, 0) is 56.2 Å². The van der Waals surface area contributed by atoms with Crippen molar-refractivity contribution in [2.24, 2.45) is 0 Å². The molecule has 2 aromatic heterocycles. The predicted octanol–water partition coefficient (Wildman–Crippen LogP) is 4.39. The average Bonchev–Trinajstić information content (AvgIpc) is 3.36. The highest BCUT2D eigenvalue weighted by Crippen LogP contribution is 2.22. The van der Waals surface area contributed by atoms with Gasteiger partial charge in [-0.1, -0.05) is 36.4 Å². The Morgan fingerprint density at radius 2 is 1.79 bits per heavy atom. The summed E-state index contributed by atoms with van der Waals surface area (Å²) in [5.41, 5.74) is 2.70. The van der Waals surface area contributed by atoms with Crippen molar-refractivity contribution in [1.82, 2.24) is 19.9 Å². The number of hydrogen-bond donors (Lipinski definition) is 2. The van der Waals surface area contributed by atoms with Gasteiger partial charge in [0.15, 0.2) is 11.5 Å². The molecule has 0 unspecified atom stereocenters. The molecule has 0 spiro atoms. The zero-order valence-corrected chi connectivity index (χ0v) is 21.6. The lowest BCUT2D eigenvalue weighted by Crippen LogP contribution is -2.32. The van der Waals surface area contributed by atoms with Gasteiger partial charge in [0.2, 0.25) is 0 Å². The fourth-order valence-corrected chi connectivity index (χ4v) is 3.74. The molecule has 2 N–H and O–H groups in total. The molecule has 2 aromatic carbocycles. The van der Waals surface area contributed by atoms with Gasteiger partial charge in [-0.3, -0.25) is 9.59 Å². The first kappa shape index (κ1) is 26.3. The Morgan fingerprint density at radius 1 is 1.00 bits per heavy atom. The number of rotatable bonds is 7. The molecule has 0 radical (unpaired) electrons. The van der Waals surface area contributed by atoms with Crippen LogP contribution in [0.15, 0.2) is 66.9 Å². The zero-order valence-electron chi connectivity index (χ0n) is 21.6. The summed E-state index contributed by atoms with van der Waals surface area (Å²) in [7, 11) is 1.32. The van der Waals surface area contributed by atoms with E-state index in [1.54, 1.807) is 67.9 Å². The first-order chi connectivity index (χ1) is 18.1. The number of anilines is 1. The average molecular weight is 516 g/mol. The molecule has 10 heteroatoms. The monoisotopic (exact) mass is 515 g/mol. The van der Waals surface area contributed by atoms with Gasteiger partial charge >= 0.3 is 12.1 Å². The van der Waals surface area contributed by atoms with Crippen LogP contribution in [0.4, 0.5) is 10.5 Å². The van der Waals surface area contributed by atoms with Crippen molar-refractivity contribution in [3.8, 4) is 11.4 Å². The molecule has 0 aliphatic heterocycles. The second-order valence-electron chi connectivity index (χ2n) is 9.54. The maximum atomic E-state index is 13.4. The molecule has 0 aliphatic carbocycles. The Balaban J connectivity index is 1.60. The van der Waals surface area contributed by atoms with Gasteiger partial charge in [-0.15, -0.1) is 5.10 Å². The van der Waals surface area contributed by atoms with Crippen molar-refractivity contribution in [2.75, 3.05) is 12.4 Å². The molecule has 0 atom stereocenters. The molecule has 4 rings (SSSR count). The number of hydrogen-bond acceptors (Lipinski definition) is 7. The maximum Gasteiger partial charge on any atom is 0.407 e. The molecule has 0 fully saturated rings. The molecule has 0 aliphatic rings. The van der Waals surface area contributed by atoms with Gasteiger partial charge in [-0.25, -0.2) is 14.3 Å². The molecule has 196 valence electrons. The van der Waals surface area contributed by atoms with E-state index in [4.69, 9.17) is 9.47 Å². The van der Waals surface area contributed by atoms with Crippen LogP contribution in [0.25, 0.3) is 16.9 Å². The molecule has 4 aromatic rings. The quantitative estimate of drug-likeness (QED) is 0.350. The number of para-hydroxylation sites is 1. The number of esters is 1. The first-order valence-corrected chi connectivity index (χ1v) is 12.0. The molecule has 2 heterocycles. The van der Waals surface area contributed by atoms with Gasteiger partial charge in [0, 0.05) is 24.0 Å². The van der Waals surface area contributed by atoms with Gasteiger partial charge in [-0.2, -0.15) is 0 Å². The zero-order chi connectivity index (χ0) is 27.3. The number of alkyl carbamates (subject to hydrolysis) is 1. The van der Waals surface area contributed by atoms with Gasteiger partial charge < -0.3 is 20.1 Å².